The van der Waals surface area contributed by atoms with Crippen LogP contribution in [0, 0.1) is 0 Å². The van der Waals surface area contributed by atoms with Crippen LogP contribution in [0.4, 0.5) is 13.2 Å². The van der Waals surface area contributed by atoms with Crippen molar-refractivity contribution in [1.29, 1.82) is 0 Å². The zero-order chi connectivity index (χ0) is 13.4. The summed E-state index contributed by atoms with van der Waals surface area (Å²) in [5.41, 5.74) is 5.09. The fourth-order valence-electron chi connectivity index (χ4n) is 2.11. The molecule has 5 nitrogen and oxygen atoms in total. The molecule has 0 bridgehead atoms. The highest BCUT2D eigenvalue weighted by atomic mass is 19.4. The molecule has 1 saturated carbocycles. The highest BCUT2D eigenvalue weighted by Gasteiger charge is 2.43. The molecule has 0 radical (unpaired) electrons. The van der Waals surface area contributed by atoms with Gasteiger partial charge in [0.05, 0.1) is 11.6 Å². The van der Waals surface area contributed by atoms with Gasteiger partial charge in [-0.15, -0.1) is 0 Å². The van der Waals surface area contributed by atoms with Crippen molar-refractivity contribution in [3.05, 3.63) is 11.7 Å². The first-order valence-electron chi connectivity index (χ1n) is 5.58. The lowest BCUT2D eigenvalue weighted by Gasteiger charge is -2.33. The molecule has 2 N–H and O–H groups in total. The van der Waals surface area contributed by atoms with Gasteiger partial charge in [-0.2, -0.15) is 18.2 Å². The van der Waals surface area contributed by atoms with Crippen LogP contribution in [-0.4, -0.2) is 23.4 Å². The predicted octanol–water partition coefficient (Wildman–Crippen LogP) is 1.83. The van der Waals surface area contributed by atoms with Crippen molar-refractivity contribution in [2.24, 2.45) is 5.73 Å². The maximum atomic E-state index is 12.4. The smallest absolute Gasteiger partial charge is 0.381 e. The second-order valence-electron chi connectivity index (χ2n) is 4.51. The molecular formula is C10H14F3N3O2. The van der Waals surface area contributed by atoms with Crippen molar-refractivity contribution in [3.8, 4) is 0 Å². The topological polar surface area (TPSA) is 74.2 Å². The number of nitrogens with zero attached hydrogens (tertiary/aromatic N) is 2. The van der Waals surface area contributed by atoms with Crippen LogP contribution >= 0.6 is 0 Å². The van der Waals surface area contributed by atoms with Gasteiger partial charge in [-0.05, 0) is 25.7 Å². The molecule has 2 rings (SSSR count). The summed E-state index contributed by atoms with van der Waals surface area (Å²) in [6.07, 6.45) is -2.25. The molecule has 0 unspecified atom stereocenters. The highest BCUT2D eigenvalue weighted by Crippen LogP contribution is 2.36. The normalized spacial score (nSPS) is 29.5. The number of alkyl halides is 3. The van der Waals surface area contributed by atoms with Crippen LogP contribution in [0.15, 0.2) is 4.52 Å². The highest BCUT2D eigenvalue weighted by molar-refractivity contribution is 5.07. The van der Waals surface area contributed by atoms with E-state index in [1.807, 2.05) is 0 Å². The van der Waals surface area contributed by atoms with E-state index in [-0.39, 0.29) is 11.9 Å². The fourth-order valence-corrected chi connectivity index (χ4v) is 2.11. The quantitative estimate of drug-likeness (QED) is 0.883. The number of halogens is 3. The van der Waals surface area contributed by atoms with Crippen LogP contribution in [0.2, 0.25) is 0 Å². The molecule has 0 saturated heterocycles. The molecule has 1 aliphatic carbocycles. The van der Waals surface area contributed by atoms with Crippen molar-refractivity contribution in [2.75, 3.05) is 7.11 Å². The zero-order valence-electron chi connectivity index (χ0n) is 9.83. The van der Waals surface area contributed by atoms with Crippen molar-refractivity contribution in [1.82, 2.24) is 10.1 Å². The van der Waals surface area contributed by atoms with Gasteiger partial charge in [0.2, 0.25) is 0 Å². The van der Waals surface area contributed by atoms with Crippen LogP contribution in [0.1, 0.15) is 37.4 Å². The van der Waals surface area contributed by atoms with Gasteiger partial charge in [0.1, 0.15) is 0 Å². The monoisotopic (exact) mass is 265 g/mol. The van der Waals surface area contributed by atoms with E-state index in [1.165, 1.54) is 0 Å². The molecule has 102 valence electrons. The molecule has 1 aliphatic rings. The van der Waals surface area contributed by atoms with Gasteiger partial charge in [-0.25, -0.2) is 0 Å². The van der Waals surface area contributed by atoms with Gasteiger partial charge in [-0.3, -0.25) is 0 Å². The zero-order valence-corrected chi connectivity index (χ0v) is 9.83. The van der Waals surface area contributed by atoms with Gasteiger partial charge in [0, 0.05) is 7.11 Å². The Morgan fingerprint density at radius 3 is 2.44 bits per heavy atom. The van der Waals surface area contributed by atoms with Crippen LogP contribution in [0.5, 0.6) is 0 Å². The average Bonchev–Trinajstić information content (AvgIpc) is 2.79. The van der Waals surface area contributed by atoms with Crippen molar-refractivity contribution in [3.63, 3.8) is 0 Å². The number of nitrogens with two attached hydrogens (primary N) is 1. The Morgan fingerprint density at radius 2 is 2.00 bits per heavy atom. The molecule has 1 aromatic heterocycles. The van der Waals surface area contributed by atoms with Crippen molar-refractivity contribution >= 4 is 0 Å². The Morgan fingerprint density at radius 1 is 1.39 bits per heavy atom. The summed E-state index contributed by atoms with van der Waals surface area (Å²) >= 11 is 0. The Kier molecular flexibility index (Phi) is 3.33. The molecule has 8 heteroatoms. The number of aromatic nitrogens is 2. The molecule has 0 amide bonds. The maximum Gasteiger partial charge on any atom is 0.471 e. The Labute approximate surface area is 101 Å². The van der Waals surface area contributed by atoms with Crippen LogP contribution < -0.4 is 5.73 Å². The largest absolute Gasteiger partial charge is 0.471 e. The number of rotatable bonds is 2. The van der Waals surface area contributed by atoms with E-state index in [4.69, 9.17) is 10.5 Å². The minimum absolute atomic E-state index is 0.0793. The molecular weight excluding hydrogens is 251 g/mol. The van der Waals surface area contributed by atoms with Crippen molar-refractivity contribution in [2.45, 2.75) is 43.5 Å². The van der Waals surface area contributed by atoms with Gasteiger partial charge < -0.3 is 15.0 Å². The maximum absolute atomic E-state index is 12.4. The van der Waals surface area contributed by atoms with Gasteiger partial charge in [0.15, 0.2) is 5.82 Å². The minimum Gasteiger partial charge on any atom is -0.381 e. The Bertz CT molecular complexity index is 411. The number of ether oxygens (including phenoxy) is 1. The minimum atomic E-state index is -4.63. The van der Waals surface area contributed by atoms with E-state index in [0.717, 1.165) is 0 Å². The molecule has 0 aliphatic heterocycles. The van der Waals surface area contributed by atoms with E-state index < -0.39 is 17.6 Å². The van der Waals surface area contributed by atoms with Gasteiger partial charge in [0.25, 0.3) is 0 Å². The molecule has 0 atom stereocenters. The third-order valence-electron chi connectivity index (χ3n) is 3.27. The average molecular weight is 265 g/mol. The summed E-state index contributed by atoms with van der Waals surface area (Å²) in [5.74, 6) is -1.43. The Hall–Kier alpha value is -1.15. The first kappa shape index (κ1) is 13.3. The second-order valence-corrected chi connectivity index (χ2v) is 4.51. The summed E-state index contributed by atoms with van der Waals surface area (Å²) in [6, 6.07) is 0. The second kappa shape index (κ2) is 4.51. The SMILES string of the molecule is COC1CCC(N)(c2noc(C(F)(F)F)n2)CC1. The third-order valence-corrected chi connectivity index (χ3v) is 3.27. The van der Waals surface area contributed by atoms with Crippen LogP contribution in [0.25, 0.3) is 0 Å². The fraction of sp³-hybridized carbons (Fsp3) is 0.800. The predicted molar refractivity (Wildman–Crippen MR) is 54.4 cm³/mol. The summed E-state index contributed by atoms with van der Waals surface area (Å²) < 4.78 is 46.4. The molecule has 0 spiro atoms. The molecule has 1 aromatic rings. The lowest BCUT2D eigenvalue weighted by Crippen LogP contribution is -2.43. The van der Waals surface area contributed by atoms with Crippen molar-refractivity contribution < 1.29 is 22.4 Å². The summed E-state index contributed by atoms with van der Waals surface area (Å²) in [4.78, 5) is 3.36. The molecule has 1 fully saturated rings. The standard InChI is InChI=1S/C10H14F3N3O2/c1-17-6-2-4-9(14,5-3-6)7-15-8(18-16-7)10(11,12)13/h6H,2-5,14H2,1H3. The number of methoxy groups -OCH3 is 1. The third kappa shape index (κ3) is 2.49. The lowest BCUT2D eigenvalue weighted by molar-refractivity contribution is -0.159. The van der Waals surface area contributed by atoms with Crippen LogP contribution in [-0.2, 0) is 16.5 Å². The van der Waals surface area contributed by atoms with E-state index in [1.54, 1.807) is 7.11 Å². The van der Waals surface area contributed by atoms with E-state index >= 15 is 0 Å². The van der Waals surface area contributed by atoms with E-state index in [0.29, 0.717) is 25.7 Å². The van der Waals surface area contributed by atoms with Crippen LogP contribution in [0.3, 0.4) is 0 Å². The van der Waals surface area contributed by atoms with Gasteiger partial charge >= 0.3 is 12.1 Å². The summed E-state index contributed by atoms with van der Waals surface area (Å²) in [5, 5.41) is 3.36. The number of hydrogen-bond donors (Lipinski definition) is 1. The first-order chi connectivity index (χ1) is 8.35. The van der Waals surface area contributed by atoms with E-state index in [9.17, 15) is 13.2 Å². The van der Waals surface area contributed by atoms with Gasteiger partial charge in [-0.1, -0.05) is 5.16 Å². The first-order valence-corrected chi connectivity index (χ1v) is 5.58. The molecule has 1 heterocycles. The molecule has 18 heavy (non-hydrogen) atoms. The van der Waals surface area contributed by atoms with E-state index in [2.05, 4.69) is 14.7 Å². The number of hydrogen-bond acceptors (Lipinski definition) is 5. The Balaban J connectivity index is 2.14. The summed E-state index contributed by atoms with van der Waals surface area (Å²) in [6.45, 7) is 0. The summed E-state index contributed by atoms with van der Waals surface area (Å²) in [7, 11) is 1.60. The lowest BCUT2D eigenvalue weighted by atomic mass is 9.80. The molecule has 0 aromatic carbocycles.